The minimum Gasteiger partial charge on any atom is -0.344 e. The minimum atomic E-state index is -0.291. The van der Waals surface area contributed by atoms with Crippen molar-refractivity contribution in [1.29, 1.82) is 0 Å². The number of thiophene rings is 1. The molecule has 1 aliphatic heterocycles. The van der Waals surface area contributed by atoms with Gasteiger partial charge in [0, 0.05) is 36.7 Å². The summed E-state index contributed by atoms with van der Waals surface area (Å²) in [6.45, 7) is 0. The summed E-state index contributed by atoms with van der Waals surface area (Å²) in [5, 5.41) is 14.0. The van der Waals surface area contributed by atoms with Gasteiger partial charge >= 0.3 is 0 Å². The van der Waals surface area contributed by atoms with E-state index in [4.69, 9.17) is 9.98 Å². The van der Waals surface area contributed by atoms with Crippen LogP contribution in [0.2, 0.25) is 0 Å². The zero-order chi connectivity index (χ0) is 36.3. The van der Waals surface area contributed by atoms with Crippen molar-refractivity contribution in [2.45, 2.75) is 6.17 Å². The van der Waals surface area contributed by atoms with Crippen LogP contribution in [0.4, 0.5) is 0 Å². The van der Waals surface area contributed by atoms with Crippen molar-refractivity contribution in [3.05, 3.63) is 205 Å². The fourth-order valence-corrected chi connectivity index (χ4v) is 9.62. The SMILES string of the molecule is c1ccc(C2=NC(c3ccccc3)NC(c3cc(-c4ccccc4)cc(-c4cc5c6ccccc6c6ccccc6c5c5sc6ccccc6c45)c3)=N2)cc1. The predicted molar refractivity (Wildman–Crippen MR) is 235 cm³/mol. The molecule has 11 rings (SSSR count). The van der Waals surface area contributed by atoms with Gasteiger partial charge < -0.3 is 5.32 Å². The summed E-state index contributed by atoms with van der Waals surface area (Å²) in [5.74, 6) is 1.51. The summed E-state index contributed by atoms with van der Waals surface area (Å²) in [6.07, 6.45) is -0.291. The monoisotopic (exact) mass is 719 g/mol. The lowest BCUT2D eigenvalue weighted by atomic mass is 9.88. The van der Waals surface area contributed by atoms with Gasteiger partial charge in [-0.1, -0.05) is 158 Å². The number of aliphatic imine (C=N–C) groups is 2. The first kappa shape index (κ1) is 31.6. The first-order chi connectivity index (χ1) is 27.3. The maximum Gasteiger partial charge on any atom is 0.159 e. The summed E-state index contributed by atoms with van der Waals surface area (Å²) in [5.41, 5.74) is 7.73. The van der Waals surface area contributed by atoms with Crippen LogP contribution < -0.4 is 5.32 Å². The molecular formula is C51H33N3S. The van der Waals surface area contributed by atoms with Crippen molar-refractivity contribution in [2.24, 2.45) is 9.98 Å². The first-order valence-corrected chi connectivity index (χ1v) is 19.5. The van der Waals surface area contributed by atoms with Crippen LogP contribution in [0.15, 0.2) is 198 Å². The maximum absolute atomic E-state index is 5.25. The standard InChI is InChI=1S/C51H33N3S/c1-4-16-32(17-5-1)35-28-36(30-37(29-35)51-53-49(33-18-6-2-7-19-33)52-50(54-51)34-20-8-3-9-21-34)43-31-44-40-24-11-10-22-38(40)39-23-12-13-25-41(39)46(44)48-47(43)42-26-14-15-27-45(42)55-48/h1-31,49H,(H,52,53,54). The highest BCUT2D eigenvalue weighted by molar-refractivity contribution is 7.27. The fraction of sp³-hybridized carbons (Fsp3) is 0.0196. The van der Waals surface area contributed by atoms with Crippen molar-refractivity contribution in [1.82, 2.24) is 5.32 Å². The Morgan fingerprint density at radius 3 is 1.69 bits per heavy atom. The molecule has 3 nitrogen and oxygen atoms in total. The fourth-order valence-electron chi connectivity index (χ4n) is 8.33. The van der Waals surface area contributed by atoms with Crippen LogP contribution >= 0.6 is 11.3 Å². The van der Waals surface area contributed by atoms with E-state index in [1.807, 2.05) is 35.6 Å². The Bertz CT molecular complexity index is 3160. The highest BCUT2D eigenvalue weighted by Gasteiger charge is 2.24. The van der Waals surface area contributed by atoms with E-state index >= 15 is 0 Å². The second-order valence-corrected chi connectivity index (χ2v) is 15.2. The molecule has 0 saturated heterocycles. The van der Waals surface area contributed by atoms with E-state index in [1.165, 1.54) is 58.1 Å². The Labute approximate surface area is 322 Å². The molecule has 0 fully saturated rings. The zero-order valence-corrected chi connectivity index (χ0v) is 30.6. The van der Waals surface area contributed by atoms with Gasteiger partial charge in [0.25, 0.3) is 0 Å². The molecule has 1 aromatic heterocycles. The number of fused-ring (bicyclic) bond motifs is 10. The Kier molecular flexibility index (Phi) is 7.42. The van der Waals surface area contributed by atoms with E-state index in [2.05, 4.69) is 169 Å². The maximum atomic E-state index is 5.25. The van der Waals surface area contributed by atoms with Gasteiger partial charge in [-0.2, -0.15) is 0 Å². The first-order valence-electron chi connectivity index (χ1n) is 18.7. The van der Waals surface area contributed by atoms with E-state index in [-0.39, 0.29) is 6.17 Å². The molecule has 1 aliphatic rings. The molecule has 0 radical (unpaired) electrons. The summed E-state index contributed by atoms with van der Waals surface area (Å²) in [4.78, 5) is 10.4. The molecule has 1 atom stereocenters. The Balaban J connectivity index is 1.22. The van der Waals surface area contributed by atoms with Crippen molar-refractivity contribution >= 4 is 75.5 Å². The molecule has 0 aliphatic carbocycles. The second-order valence-electron chi connectivity index (χ2n) is 14.1. The molecule has 1 N–H and O–H groups in total. The zero-order valence-electron chi connectivity index (χ0n) is 29.8. The molecule has 9 aromatic carbocycles. The van der Waals surface area contributed by atoms with Crippen LogP contribution in [0.3, 0.4) is 0 Å². The Hall–Kier alpha value is -6.88. The predicted octanol–water partition coefficient (Wildman–Crippen LogP) is 13.3. The van der Waals surface area contributed by atoms with Crippen molar-refractivity contribution < 1.29 is 0 Å². The molecule has 4 heteroatoms. The van der Waals surface area contributed by atoms with Crippen molar-refractivity contribution in [3.8, 4) is 22.3 Å². The number of nitrogens with one attached hydrogen (secondary N) is 1. The van der Waals surface area contributed by atoms with Gasteiger partial charge in [0.2, 0.25) is 0 Å². The molecule has 0 amide bonds. The lowest BCUT2D eigenvalue weighted by Crippen LogP contribution is -2.33. The second kappa shape index (κ2) is 12.9. The van der Waals surface area contributed by atoms with Crippen LogP contribution in [0.25, 0.3) is 74.7 Å². The summed E-state index contributed by atoms with van der Waals surface area (Å²) in [6, 6.07) is 67.5. The summed E-state index contributed by atoms with van der Waals surface area (Å²) < 4.78 is 2.61. The molecular weight excluding hydrogens is 687 g/mol. The van der Waals surface area contributed by atoms with E-state index in [0.717, 1.165) is 39.2 Å². The summed E-state index contributed by atoms with van der Waals surface area (Å²) >= 11 is 1.90. The van der Waals surface area contributed by atoms with Crippen LogP contribution in [-0.2, 0) is 0 Å². The minimum absolute atomic E-state index is 0.291. The molecule has 1 unspecified atom stereocenters. The van der Waals surface area contributed by atoms with Gasteiger partial charge in [-0.25, -0.2) is 9.98 Å². The molecule has 0 saturated carbocycles. The van der Waals surface area contributed by atoms with Gasteiger partial charge in [0.1, 0.15) is 12.0 Å². The molecule has 258 valence electrons. The van der Waals surface area contributed by atoms with Crippen LogP contribution in [0.1, 0.15) is 22.9 Å². The molecule has 10 aromatic rings. The largest absolute Gasteiger partial charge is 0.344 e. The smallest absolute Gasteiger partial charge is 0.159 e. The molecule has 0 spiro atoms. The van der Waals surface area contributed by atoms with Gasteiger partial charge in [0.05, 0.1) is 0 Å². The number of amidine groups is 2. The lowest BCUT2D eigenvalue weighted by molar-refractivity contribution is 0.674. The highest BCUT2D eigenvalue weighted by Crippen LogP contribution is 2.48. The number of rotatable bonds is 5. The number of hydrogen-bond donors (Lipinski definition) is 1. The van der Waals surface area contributed by atoms with E-state index in [1.54, 1.807) is 0 Å². The third-order valence-electron chi connectivity index (χ3n) is 10.9. The normalized spacial score (nSPS) is 14.4. The van der Waals surface area contributed by atoms with E-state index in [9.17, 15) is 0 Å². The molecule has 55 heavy (non-hydrogen) atoms. The Morgan fingerprint density at radius 2 is 0.964 bits per heavy atom. The van der Waals surface area contributed by atoms with E-state index in [0.29, 0.717) is 5.84 Å². The highest BCUT2D eigenvalue weighted by atomic mass is 32.1. The summed E-state index contributed by atoms with van der Waals surface area (Å²) in [7, 11) is 0. The number of nitrogens with zero attached hydrogens (tertiary/aromatic N) is 2. The quantitative estimate of drug-likeness (QED) is 0.177. The third-order valence-corrected chi connectivity index (χ3v) is 12.1. The molecule has 0 bridgehead atoms. The van der Waals surface area contributed by atoms with E-state index < -0.39 is 0 Å². The lowest BCUT2D eigenvalue weighted by Gasteiger charge is -2.24. The molecule has 2 heterocycles. The van der Waals surface area contributed by atoms with Gasteiger partial charge in [-0.05, 0) is 85.1 Å². The van der Waals surface area contributed by atoms with Gasteiger partial charge in [-0.15, -0.1) is 11.3 Å². The van der Waals surface area contributed by atoms with Crippen molar-refractivity contribution in [3.63, 3.8) is 0 Å². The van der Waals surface area contributed by atoms with Crippen LogP contribution in [0.5, 0.6) is 0 Å². The number of benzene rings is 9. The van der Waals surface area contributed by atoms with Crippen molar-refractivity contribution in [2.75, 3.05) is 0 Å². The van der Waals surface area contributed by atoms with Gasteiger partial charge in [-0.3, -0.25) is 0 Å². The van der Waals surface area contributed by atoms with Crippen LogP contribution in [-0.4, -0.2) is 11.7 Å². The average molecular weight is 720 g/mol. The average Bonchev–Trinajstić information content (AvgIpc) is 3.66. The Morgan fingerprint density at radius 1 is 0.418 bits per heavy atom. The van der Waals surface area contributed by atoms with Crippen LogP contribution in [0, 0.1) is 0 Å². The third kappa shape index (κ3) is 5.33. The van der Waals surface area contributed by atoms with Gasteiger partial charge in [0.15, 0.2) is 5.84 Å². The topological polar surface area (TPSA) is 36.8 Å². The number of hydrogen-bond acceptors (Lipinski definition) is 4.